The van der Waals surface area contributed by atoms with Crippen molar-refractivity contribution in [2.45, 2.75) is 25.7 Å². The molecule has 0 saturated heterocycles. The Morgan fingerprint density at radius 1 is 1.50 bits per heavy atom. The third-order valence-corrected chi connectivity index (χ3v) is 4.05. The molecule has 1 atom stereocenters. The average molecular weight is 326 g/mol. The fourth-order valence-electron chi connectivity index (χ4n) is 2.97. The molecular weight excluding hydrogens is 308 g/mol. The number of hydrogen-bond acceptors (Lipinski definition) is 6. The number of nitrogens with two attached hydrogens (primary N) is 1. The molecule has 0 aliphatic carbocycles. The second-order valence-corrected chi connectivity index (χ2v) is 5.53. The Hall–Kier alpha value is -3.14. The van der Waals surface area contributed by atoms with E-state index in [-0.39, 0.29) is 11.6 Å². The first kappa shape index (κ1) is 15.7. The highest BCUT2D eigenvalue weighted by atomic mass is 16.5. The number of fused-ring (bicyclic) bond motifs is 1. The molecule has 124 valence electrons. The Bertz CT molecular complexity index is 848. The van der Waals surface area contributed by atoms with Crippen molar-refractivity contribution in [3.63, 3.8) is 0 Å². The van der Waals surface area contributed by atoms with Crippen molar-refractivity contribution in [3.8, 4) is 23.4 Å². The highest BCUT2D eigenvalue weighted by molar-refractivity contribution is 5.57. The van der Waals surface area contributed by atoms with Gasteiger partial charge < -0.3 is 20.3 Å². The number of allylic oxidation sites excluding steroid dienone is 1. The second kappa shape index (κ2) is 6.16. The van der Waals surface area contributed by atoms with Crippen LogP contribution < -0.4 is 15.2 Å². The first-order chi connectivity index (χ1) is 11.6. The number of H-pyrrole nitrogens is 1. The van der Waals surface area contributed by atoms with E-state index in [0.717, 1.165) is 29.7 Å². The molecule has 1 aromatic carbocycles. The van der Waals surface area contributed by atoms with Crippen LogP contribution in [-0.2, 0) is 6.42 Å². The molecule has 2 heterocycles. The van der Waals surface area contributed by atoms with Gasteiger partial charge in [-0.1, -0.05) is 19.4 Å². The molecule has 0 bridgehead atoms. The number of nitrogens with one attached hydrogen (secondary N) is 1. The summed E-state index contributed by atoms with van der Waals surface area (Å²) in [4.78, 5) is 0. The summed E-state index contributed by atoms with van der Waals surface area (Å²) in [6, 6.07) is 7.16. The van der Waals surface area contributed by atoms with Gasteiger partial charge in [-0.2, -0.15) is 5.26 Å². The van der Waals surface area contributed by atoms with Crippen LogP contribution in [0.25, 0.3) is 0 Å². The van der Waals surface area contributed by atoms with Gasteiger partial charge in [-0.15, -0.1) is 5.10 Å². The number of aryl methyl sites for hydroxylation is 1. The maximum atomic E-state index is 10.1. The molecule has 7 heteroatoms. The van der Waals surface area contributed by atoms with Gasteiger partial charge in [-0.3, -0.25) is 5.10 Å². The lowest BCUT2D eigenvalue weighted by molar-refractivity contribution is 0.371. The molecule has 1 aliphatic rings. The third-order valence-electron chi connectivity index (χ3n) is 4.05. The zero-order valence-corrected chi connectivity index (χ0v) is 13.5. The number of aromatic hydroxyl groups is 1. The summed E-state index contributed by atoms with van der Waals surface area (Å²) in [5.41, 5.74) is 8.60. The van der Waals surface area contributed by atoms with E-state index in [0.29, 0.717) is 17.2 Å². The van der Waals surface area contributed by atoms with Crippen molar-refractivity contribution in [1.82, 2.24) is 10.2 Å². The smallest absolute Gasteiger partial charge is 0.244 e. The monoisotopic (exact) mass is 326 g/mol. The van der Waals surface area contributed by atoms with Crippen molar-refractivity contribution in [1.29, 1.82) is 5.26 Å². The van der Waals surface area contributed by atoms with Gasteiger partial charge in [0, 0.05) is 11.3 Å². The highest BCUT2D eigenvalue weighted by Crippen LogP contribution is 2.44. The standard InChI is InChI=1S/C17H18N4O3/c1-3-4-11-15-14(9-5-6-13(23-2)12(22)7-9)10(8-18)16(19)24-17(15)21-20-11/h5-7,14,22H,3-4,19H2,1-2H3,(H,20,21)/t14-/m1/s1. The number of nitriles is 1. The van der Waals surface area contributed by atoms with Crippen LogP contribution >= 0.6 is 0 Å². The van der Waals surface area contributed by atoms with E-state index in [4.69, 9.17) is 15.2 Å². The number of rotatable bonds is 4. The van der Waals surface area contributed by atoms with Gasteiger partial charge >= 0.3 is 0 Å². The Kier molecular flexibility index (Phi) is 4.04. The Morgan fingerprint density at radius 2 is 2.29 bits per heavy atom. The molecule has 3 rings (SSSR count). The first-order valence-corrected chi connectivity index (χ1v) is 7.62. The molecular formula is C17H18N4O3. The number of ether oxygens (including phenoxy) is 2. The third kappa shape index (κ3) is 2.42. The molecule has 0 saturated carbocycles. The largest absolute Gasteiger partial charge is 0.504 e. The number of phenolic OH excluding ortho intramolecular Hbond substituents is 1. The van der Waals surface area contributed by atoms with E-state index >= 15 is 0 Å². The van der Waals surface area contributed by atoms with E-state index in [1.165, 1.54) is 7.11 Å². The number of phenols is 1. The summed E-state index contributed by atoms with van der Waals surface area (Å²) >= 11 is 0. The van der Waals surface area contributed by atoms with Crippen molar-refractivity contribution in [3.05, 3.63) is 46.5 Å². The van der Waals surface area contributed by atoms with E-state index in [2.05, 4.69) is 23.2 Å². The average Bonchev–Trinajstić information content (AvgIpc) is 2.96. The van der Waals surface area contributed by atoms with Crippen LogP contribution in [0.5, 0.6) is 17.4 Å². The summed E-state index contributed by atoms with van der Waals surface area (Å²) in [5, 5.41) is 26.8. The molecule has 0 unspecified atom stereocenters. The molecule has 24 heavy (non-hydrogen) atoms. The Labute approximate surface area is 139 Å². The molecule has 2 aromatic rings. The summed E-state index contributed by atoms with van der Waals surface area (Å²) in [5.74, 6) is 0.313. The summed E-state index contributed by atoms with van der Waals surface area (Å²) in [7, 11) is 1.48. The van der Waals surface area contributed by atoms with Crippen LogP contribution in [0.3, 0.4) is 0 Å². The van der Waals surface area contributed by atoms with Crippen LogP contribution in [-0.4, -0.2) is 22.4 Å². The molecule has 0 spiro atoms. The minimum Gasteiger partial charge on any atom is -0.504 e. The maximum absolute atomic E-state index is 10.1. The number of aromatic nitrogens is 2. The maximum Gasteiger partial charge on any atom is 0.244 e. The Morgan fingerprint density at radius 3 is 2.92 bits per heavy atom. The van der Waals surface area contributed by atoms with E-state index in [1.807, 2.05) is 0 Å². The summed E-state index contributed by atoms with van der Waals surface area (Å²) in [6.45, 7) is 2.06. The van der Waals surface area contributed by atoms with Gasteiger partial charge in [0.05, 0.1) is 13.0 Å². The summed E-state index contributed by atoms with van der Waals surface area (Å²) < 4.78 is 10.6. The minimum absolute atomic E-state index is 0.000519. The molecule has 4 N–H and O–H groups in total. The predicted octanol–water partition coefficient (Wildman–Crippen LogP) is 2.29. The molecule has 0 amide bonds. The number of nitrogens with zero attached hydrogens (tertiary/aromatic N) is 2. The second-order valence-electron chi connectivity index (χ2n) is 5.53. The topological polar surface area (TPSA) is 117 Å². The zero-order valence-electron chi connectivity index (χ0n) is 13.5. The van der Waals surface area contributed by atoms with Gasteiger partial charge in [0.25, 0.3) is 0 Å². The fraction of sp³-hybridized carbons (Fsp3) is 0.294. The van der Waals surface area contributed by atoms with Crippen molar-refractivity contribution in [2.75, 3.05) is 7.11 Å². The first-order valence-electron chi connectivity index (χ1n) is 7.62. The van der Waals surface area contributed by atoms with E-state index in [9.17, 15) is 10.4 Å². The fourth-order valence-corrected chi connectivity index (χ4v) is 2.97. The minimum atomic E-state index is -0.448. The number of aromatic amines is 1. The lowest BCUT2D eigenvalue weighted by Gasteiger charge is -2.24. The number of hydrogen-bond donors (Lipinski definition) is 3. The number of methoxy groups -OCH3 is 1. The molecule has 1 aromatic heterocycles. The van der Waals surface area contributed by atoms with Crippen LogP contribution in [0.1, 0.15) is 36.1 Å². The van der Waals surface area contributed by atoms with E-state index in [1.54, 1.807) is 18.2 Å². The van der Waals surface area contributed by atoms with Gasteiger partial charge in [-0.25, -0.2) is 0 Å². The molecule has 1 aliphatic heterocycles. The van der Waals surface area contributed by atoms with Crippen LogP contribution in [0, 0.1) is 11.3 Å². The van der Waals surface area contributed by atoms with Crippen LogP contribution in [0.15, 0.2) is 29.7 Å². The molecule has 7 nitrogen and oxygen atoms in total. The van der Waals surface area contributed by atoms with Crippen LogP contribution in [0.2, 0.25) is 0 Å². The molecule has 0 fully saturated rings. The van der Waals surface area contributed by atoms with Crippen molar-refractivity contribution >= 4 is 0 Å². The van der Waals surface area contributed by atoms with Gasteiger partial charge in [0.2, 0.25) is 11.8 Å². The zero-order chi connectivity index (χ0) is 17.3. The SMILES string of the molecule is CCCc1[nH]nc2c1[C@H](c1ccc(OC)c(O)c1)C(C#N)=C(N)O2. The van der Waals surface area contributed by atoms with Gasteiger partial charge in [-0.05, 0) is 24.1 Å². The summed E-state index contributed by atoms with van der Waals surface area (Å²) in [6.07, 6.45) is 1.68. The van der Waals surface area contributed by atoms with Crippen molar-refractivity contribution < 1.29 is 14.6 Å². The predicted molar refractivity (Wildman–Crippen MR) is 86.5 cm³/mol. The van der Waals surface area contributed by atoms with Crippen LogP contribution in [0.4, 0.5) is 0 Å². The lowest BCUT2D eigenvalue weighted by Crippen LogP contribution is -2.21. The normalized spacial score (nSPS) is 16.3. The van der Waals surface area contributed by atoms with E-state index < -0.39 is 5.92 Å². The van der Waals surface area contributed by atoms with Gasteiger partial charge in [0.1, 0.15) is 11.6 Å². The van der Waals surface area contributed by atoms with Gasteiger partial charge in [0.15, 0.2) is 11.5 Å². The van der Waals surface area contributed by atoms with Crippen molar-refractivity contribution in [2.24, 2.45) is 5.73 Å². The lowest BCUT2D eigenvalue weighted by atomic mass is 9.83. The number of benzene rings is 1. The molecule has 0 radical (unpaired) electrons. The highest BCUT2D eigenvalue weighted by Gasteiger charge is 2.35. The Balaban J connectivity index is 2.19. The quantitative estimate of drug-likeness (QED) is 0.793.